The zero-order valence-corrected chi connectivity index (χ0v) is 13.8. The number of benzene rings is 1. The maximum absolute atomic E-state index is 12.8. The first-order chi connectivity index (χ1) is 10.4. The molecule has 3 N–H and O–H groups in total. The number of carbonyl (C=O) groups is 1. The summed E-state index contributed by atoms with van der Waals surface area (Å²) in [7, 11) is -2.05. The van der Waals surface area contributed by atoms with Gasteiger partial charge in [-0.3, -0.25) is 4.79 Å². The standard InChI is InChI=1S/C15H23N3O3S/c1-11-4-3-9-18(14(11)10-16)22(20,21)13-7-5-12(6-8-13)15(19)17-2/h5-8,11,14H,3-4,9-10,16H2,1-2H3,(H,17,19)/t11-,14-/m0/s1. The molecule has 1 amide bonds. The summed E-state index contributed by atoms with van der Waals surface area (Å²) < 4.78 is 27.2. The average molecular weight is 325 g/mol. The van der Waals surface area contributed by atoms with Crippen LogP contribution >= 0.6 is 0 Å². The van der Waals surface area contributed by atoms with Crippen molar-refractivity contribution in [2.75, 3.05) is 20.1 Å². The van der Waals surface area contributed by atoms with E-state index < -0.39 is 10.0 Å². The molecular formula is C15H23N3O3S. The molecule has 0 saturated carbocycles. The van der Waals surface area contributed by atoms with Gasteiger partial charge in [-0.25, -0.2) is 8.42 Å². The minimum absolute atomic E-state index is 0.169. The Morgan fingerprint density at radius 3 is 2.55 bits per heavy atom. The van der Waals surface area contributed by atoms with Crippen LogP contribution in [0.4, 0.5) is 0 Å². The van der Waals surface area contributed by atoms with E-state index in [0.717, 1.165) is 12.8 Å². The summed E-state index contributed by atoms with van der Waals surface area (Å²) in [6.45, 7) is 2.84. The monoisotopic (exact) mass is 325 g/mol. The van der Waals surface area contributed by atoms with Crippen molar-refractivity contribution in [1.82, 2.24) is 9.62 Å². The van der Waals surface area contributed by atoms with Crippen molar-refractivity contribution in [1.29, 1.82) is 0 Å². The predicted octanol–water partition coefficient (Wildman–Crippen LogP) is 0.794. The minimum atomic E-state index is -3.58. The van der Waals surface area contributed by atoms with E-state index in [9.17, 15) is 13.2 Å². The van der Waals surface area contributed by atoms with Crippen LogP contribution in [-0.4, -0.2) is 44.8 Å². The largest absolute Gasteiger partial charge is 0.355 e. The molecule has 0 aromatic heterocycles. The predicted molar refractivity (Wildman–Crippen MR) is 85.0 cm³/mol. The van der Waals surface area contributed by atoms with Crippen molar-refractivity contribution in [3.63, 3.8) is 0 Å². The van der Waals surface area contributed by atoms with Gasteiger partial charge in [-0.05, 0) is 43.0 Å². The zero-order chi connectivity index (χ0) is 16.3. The van der Waals surface area contributed by atoms with Crippen molar-refractivity contribution in [3.05, 3.63) is 29.8 Å². The van der Waals surface area contributed by atoms with Crippen molar-refractivity contribution < 1.29 is 13.2 Å². The van der Waals surface area contributed by atoms with E-state index in [0.29, 0.717) is 18.7 Å². The number of amides is 1. The number of nitrogens with two attached hydrogens (primary N) is 1. The number of sulfonamides is 1. The molecule has 1 fully saturated rings. The Morgan fingerprint density at radius 2 is 2.00 bits per heavy atom. The molecule has 0 unspecified atom stereocenters. The number of piperidine rings is 1. The topological polar surface area (TPSA) is 92.5 Å². The summed E-state index contributed by atoms with van der Waals surface area (Å²) in [6.07, 6.45) is 1.83. The van der Waals surface area contributed by atoms with Crippen molar-refractivity contribution in [3.8, 4) is 0 Å². The number of rotatable bonds is 4. The number of nitrogens with zero attached hydrogens (tertiary/aromatic N) is 1. The van der Waals surface area contributed by atoms with Gasteiger partial charge >= 0.3 is 0 Å². The molecule has 122 valence electrons. The Labute approximate surface area is 131 Å². The third kappa shape index (κ3) is 3.16. The summed E-state index contributed by atoms with van der Waals surface area (Å²) in [6, 6.07) is 5.84. The lowest BCUT2D eigenvalue weighted by molar-refractivity contribution is 0.0963. The van der Waals surface area contributed by atoms with Crippen LogP contribution in [0.1, 0.15) is 30.1 Å². The average Bonchev–Trinajstić information content (AvgIpc) is 2.54. The normalized spacial score (nSPS) is 23.2. The van der Waals surface area contributed by atoms with Gasteiger partial charge in [0, 0.05) is 31.7 Å². The van der Waals surface area contributed by atoms with Gasteiger partial charge < -0.3 is 11.1 Å². The third-order valence-electron chi connectivity index (χ3n) is 4.26. The lowest BCUT2D eigenvalue weighted by Crippen LogP contribution is -2.51. The van der Waals surface area contributed by atoms with Gasteiger partial charge in [0.1, 0.15) is 0 Å². The molecule has 1 aromatic rings. The van der Waals surface area contributed by atoms with Gasteiger partial charge in [-0.1, -0.05) is 6.92 Å². The molecule has 22 heavy (non-hydrogen) atoms. The number of carbonyl (C=O) groups excluding carboxylic acids is 1. The second-order valence-corrected chi connectivity index (χ2v) is 7.53. The molecular weight excluding hydrogens is 302 g/mol. The lowest BCUT2D eigenvalue weighted by atomic mass is 9.93. The summed E-state index contributed by atoms with van der Waals surface area (Å²) in [5, 5.41) is 2.51. The first-order valence-electron chi connectivity index (χ1n) is 7.46. The molecule has 7 heteroatoms. The van der Waals surface area contributed by atoms with Gasteiger partial charge in [0.05, 0.1) is 4.90 Å². The van der Waals surface area contributed by atoms with Crippen LogP contribution in [0.2, 0.25) is 0 Å². The van der Waals surface area contributed by atoms with E-state index in [1.807, 2.05) is 6.92 Å². The van der Waals surface area contributed by atoms with Crippen molar-refractivity contribution in [2.24, 2.45) is 11.7 Å². The lowest BCUT2D eigenvalue weighted by Gasteiger charge is -2.38. The first-order valence-corrected chi connectivity index (χ1v) is 8.90. The third-order valence-corrected chi connectivity index (χ3v) is 6.20. The van der Waals surface area contributed by atoms with E-state index in [1.165, 1.54) is 35.6 Å². The minimum Gasteiger partial charge on any atom is -0.355 e. The Hall–Kier alpha value is -1.44. The highest BCUT2D eigenvalue weighted by Crippen LogP contribution is 2.28. The molecule has 0 aliphatic carbocycles. The fourth-order valence-corrected chi connectivity index (χ4v) is 4.69. The van der Waals surface area contributed by atoms with Crippen molar-refractivity contribution in [2.45, 2.75) is 30.7 Å². The van der Waals surface area contributed by atoms with E-state index in [1.54, 1.807) is 0 Å². The molecule has 0 spiro atoms. The fourth-order valence-electron chi connectivity index (χ4n) is 2.92. The van der Waals surface area contributed by atoms with Crippen LogP contribution in [0, 0.1) is 5.92 Å². The second kappa shape index (κ2) is 6.76. The Balaban J connectivity index is 2.31. The van der Waals surface area contributed by atoms with Gasteiger partial charge in [-0.15, -0.1) is 0 Å². The highest BCUT2D eigenvalue weighted by atomic mass is 32.2. The molecule has 1 saturated heterocycles. The zero-order valence-electron chi connectivity index (χ0n) is 13.0. The summed E-state index contributed by atoms with van der Waals surface area (Å²) in [5.41, 5.74) is 6.22. The van der Waals surface area contributed by atoms with E-state index in [4.69, 9.17) is 5.73 Å². The van der Waals surface area contributed by atoms with Crippen LogP contribution in [0.25, 0.3) is 0 Å². The summed E-state index contributed by atoms with van der Waals surface area (Å²) >= 11 is 0. The van der Waals surface area contributed by atoms with Crippen LogP contribution in [0.15, 0.2) is 29.2 Å². The van der Waals surface area contributed by atoms with Crippen LogP contribution < -0.4 is 11.1 Å². The fraction of sp³-hybridized carbons (Fsp3) is 0.533. The summed E-state index contributed by atoms with van der Waals surface area (Å²) in [4.78, 5) is 11.7. The van der Waals surface area contributed by atoms with Gasteiger partial charge in [0.25, 0.3) is 5.91 Å². The quantitative estimate of drug-likeness (QED) is 0.856. The van der Waals surface area contributed by atoms with E-state index in [2.05, 4.69) is 5.32 Å². The Morgan fingerprint density at radius 1 is 1.36 bits per heavy atom. The molecule has 1 aliphatic heterocycles. The number of nitrogens with one attached hydrogen (secondary N) is 1. The number of hydrogen-bond donors (Lipinski definition) is 2. The molecule has 2 rings (SSSR count). The van der Waals surface area contributed by atoms with E-state index >= 15 is 0 Å². The molecule has 1 aromatic carbocycles. The highest BCUT2D eigenvalue weighted by Gasteiger charge is 2.36. The SMILES string of the molecule is CNC(=O)c1ccc(S(=O)(=O)N2CCC[C@H](C)[C@@H]2CN)cc1. The molecule has 6 nitrogen and oxygen atoms in total. The second-order valence-electron chi connectivity index (χ2n) is 5.64. The smallest absolute Gasteiger partial charge is 0.251 e. The highest BCUT2D eigenvalue weighted by molar-refractivity contribution is 7.89. The number of hydrogen-bond acceptors (Lipinski definition) is 4. The first kappa shape index (κ1) is 16.9. The van der Waals surface area contributed by atoms with Gasteiger partial charge in [0.15, 0.2) is 0 Å². The molecule has 0 radical (unpaired) electrons. The molecule has 1 aliphatic rings. The van der Waals surface area contributed by atoms with Crippen molar-refractivity contribution >= 4 is 15.9 Å². The van der Waals surface area contributed by atoms with Crippen LogP contribution in [0.5, 0.6) is 0 Å². The van der Waals surface area contributed by atoms with Crippen LogP contribution in [-0.2, 0) is 10.0 Å². The maximum atomic E-state index is 12.8. The van der Waals surface area contributed by atoms with Gasteiger partial charge in [-0.2, -0.15) is 4.31 Å². The molecule has 0 bridgehead atoms. The van der Waals surface area contributed by atoms with E-state index in [-0.39, 0.29) is 22.8 Å². The summed E-state index contributed by atoms with van der Waals surface area (Å²) in [5.74, 6) is 0.00837. The maximum Gasteiger partial charge on any atom is 0.251 e. The Kier molecular flexibility index (Phi) is 5.20. The molecule has 1 heterocycles. The Bertz CT molecular complexity index is 628. The van der Waals surface area contributed by atoms with Crippen LogP contribution in [0.3, 0.4) is 0 Å². The molecule has 2 atom stereocenters. The van der Waals surface area contributed by atoms with Gasteiger partial charge in [0.2, 0.25) is 10.0 Å².